The van der Waals surface area contributed by atoms with Gasteiger partial charge in [-0.05, 0) is 46.7 Å². The zero-order valence-corrected chi connectivity index (χ0v) is 17.0. The highest BCUT2D eigenvalue weighted by atomic mass is 16.2. The minimum atomic E-state index is -0.0463. The van der Waals surface area contributed by atoms with Crippen LogP contribution in [0.3, 0.4) is 0 Å². The van der Waals surface area contributed by atoms with E-state index in [0.717, 1.165) is 32.5 Å². The van der Waals surface area contributed by atoms with E-state index in [9.17, 15) is 9.59 Å². The molecule has 2 N–H and O–H groups in total. The van der Waals surface area contributed by atoms with Crippen molar-refractivity contribution >= 4 is 11.9 Å². The molecule has 1 saturated carbocycles. The molecule has 2 aliphatic rings. The van der Waals surface area contributed by atoms with E-state index in [1.807, 2.05) is 32.8 Å². The second-order valence-electron chi connectivity index (χ2n) is 8.21. The maximum atomic E-state index is 12.9. The van der Waals surface area contributed by atoms with Gasteiger partial charge in [0.25, 0.3) is 0 Å². The van der Waals surface area contributed by atoms with Crippen molar-refractivity contribution in [3.05, 3.63) is 0 Å². The lowest BCUT2D eigenvalue weighted by Crippen LogP contribution is -2.59. The Kier molecular flexibility index (Phi) is 8.15. The first-order chi connectivity index (χ1) is 12.4. The molecule has 7 heteroatoms. The van der Waals surface area contributed by atoms with E-state index in [1.54, 1.807) is 0 Å². The summed E-state index contributed by atoms with van der Waals surface area (Å²) in [7, 11) is 4.03. The molecule has 0 aromatic rings. The second kappa shape index (κ2) is 10.1. The molecular formula is C19H37N5O2. The van der Waals surface area contributed by atoms with E-state index < -0.39 is 0 Å². The Morgan fingerprint density at radius 3 is 2.23 bits per heavy atom. The second-order valence-corrected chi connectivity index (χ2v) is 8.21. The fraction of sp³-hybridized carbons (Fsp3) is 0.895. The van der Waals surface area contributed by atoms with Crippen LogP contribution in [-0.2, 0) is 4.79 Å². The van der Waals surface area contributed by atoms with Crippen LogP contribution in [0.1, 0.15) is 39.5 Å². The highest BCUT2D eigenvalue weighted by Crippen LogP contribution is 2.31. The molecule has 0 aromatic carbocycles. The molecule has 1 unspecified atom stereocenters. The Morgan fingerprint density at radius 2 is 1.69 bits per heavy atom. The van der Waals surface area contributed by atoms with Crippen LogP contribution in [0.25, 0.3) is 0 Å². The number of amides is 3. The Bertz CT molecular complexity index is 455. The van der Waals surface area contributed by atoms with Gasteiger partial charge in [-0.1, -0.05) is 12.8 Å². The molecule has 26 heavy (non-hydrogen) atoms. The maximum absolute atomic E-state index is 12.9. The molecule has 1 heterocycles. The van der Waals surface area contributed by atoms with E-state index >= 15 is 0 Å². The lowest BCUT2D eigenvalue weighted by atomic mass is 9.95. The molecule has 0 bridgehead atoms. The first kappa shape index (κ1) is 21.0. The third kappa shape index (κ3) is 6.13. The number of hydrogen-bond donors (Lipinski definition) is 2. The van der Waals surface area contributed by atoms with E-state index in [0.29, 0.717) is 25.6 Å². The minimum absolute atomic E-state index is 0.00695. The van der Waals surface area contributed by atoms with Crippen molar-refractivity contribution in [3.63, 3.8) is 0 Å². The standard InChI is InChI=1S/C19H37N5O2/c1-15(2)21-19(26)24-13-11-23(12-14-24)17(16-7-5-6-8-16)18(25)20-9-10-22(3)4/h15-17H,5-14H2,1-4H3,(H,20,25)(H,21,26). The van der Waals surface area contributed by atoms with Gasteiger partial charge in [0.05, 0.1) is 6.04 Å². The molecule has 1 aliphatic carbocycles. The molecule has 150 valence electrons. The molecule has 3 amide bonds. The Morgan fingerprint density at radius 1 is 1.08 bits per heavy atom. The van der Waals surface area contributed by atoms with Crippen molar-refractivity contribution in [2.45, 2.75) is 51.6 Å². The molecule has 1 aliphatic heterocycles. The van der Waals surface area contributed by atoms with Gasteiger partial charge in [-0.2, -0.15) is 0 Å². The summed E-state index contributed by atoms with van der Waals surface area (Å²) >= 11 is 0. The minimum Gasteiger partial charge on any atom is -0.353 e. The number of carbonyl (C=O) groups excluding carboxylic acids is 2. The fourth-order valence-corrected chi connectivity index (χ4v) is 4.00. The van der Waals surface area contributed by atoms with Crippen LogP contribution in [0.15, 0.2) is 0 Å². The highest BCUT2D eigenvalue weighted by molar-refractivity contribution is 5.82. The molecule has 0 aromatic heterocycles. The highest BCUT2D eigenvalue weighted by Gasteiger charge is 2.37. The number of urea groups is 1. The van der Waals surface area contributed by atoms with E-state index in [1.165, 1.54) is 12.8 Å². The van der Waals surface area contributed by atoms with Gasteiger partial charge in [0.15, 0.2) is 0 Å². The predicted octanol–water partition coefficient (Wildman–Crippen LogP) is 0.959. The third-order valence-electron chi connectivity index (χ3n) is 5.38. The molecule has 1 saturated heterocycles. The van der Waals surface area contributed by atoms with Gasteiger partial charge in [0.1, 0.15) is 0 Å². The van der Waals surface area contributed by atoms with Crippen molar-refractivity contribution in [2.24, 2.45) is 5.92 Å². The number of carbonyl (C=O) groups is 2. The summed E-state index contributed by atoms with van der Waals surface area (Å²) in [6.07, 6.45) is 4.73. The molecule has 7 nitrogen and oxygen atoms in total. The molecule has 1 atom stereocenters. The molecule has 2 fully saturated rings. The molecule has 0 spiro atoms. The number of hydrogen-bond acceptors (Lipinski definition) is 4. The fourth-order valence-electron chi connectivity index (χ4n) is 4.00. The summed E-state index contributed by atoms with van der Waals surface area (Å²) in [5, 5.41) is 6.09. The van der Waals surface area contributed by atoms with Gasteiger partial charge in [0.2, 0.25) is 5.91 Å². The Hall–Kier alpha value is -1.34. The van der Waals surface area contributed by atoms with E-state index in [-0.39, 0.29) is 24.0 Å². The lowest BCUT2D eigenvalue weighted by Gasteiger charge is -2.40. The first-order valence-corrected chi connectivity index (χ1v) is 10.1. The van der Waals surface area contributed by atoms with Gasteiger partial charge in [0, 0.05) is 45.3 Å². The average molecular weight is 368 g/mol. The smallest absolute Gasteiger partial charge is 0.317 e. The lowest BCUT2D eigenvalue weighted by molar-refractivity contribution is -0.129. The van der Waals surface area contributed by atoms with Gasteiger partial charge in [-0.25, -0.2) is 4.79 Å². The van der Waals surface area contributed by atoms with Crippen LogP contribution in [0, 0.1) is 5.92 Å². The number of nitrogens with zero attached hydrogens (tertiary/aromatic N) is 3. The van der Waals surface area contributed by atoms with Crippen molar-refractivity contribution in [3.8, 4) is 0 Å². The normalized spacial score (nSPS) is 20.6. The van der Waals surface area contributed by atoms with Crippen molar-refractivity contribution < 1.29 is 9.59 Å². The SMILES string of the molecule is CC(C)NC(=O)N1CCN(C(C(=O)NCCN(C)C)C2CCCC2)CC1. The Balaban J connectivity index is 1.92. The monoisotopic (exact) mass is 367 g/mol. The summed E-state index contributed by atoms with van der Waals surface area (Å²) in [6, 6.07) is 0.108. The zero-order valence-electron chi connectivity index (χ0n) is 17.0. The summed E-state index contributed by atoms with van der Waals surface area (Å²) in [4.78, 5) is 31.4. The van der Waals surface area contributed by atoms with Crippen LogP contribution in [0.2, 0.25) is 0 Å². The van der Waals surface area contributed by atoms with E-state index in [4.69, 9.17) is 0 Å². The average Bonchev–Trinajstić information content (AvgIpc) is 3.08. The van der Waals surface area contributed by atoms with Crippen LogP contribution >= 0.6 is 0 Å². The molecular weight excluding hydrogens is 330 g/mol. The predicted molar refractivity (Wildman–Crippen MR) is 104 cm³/mol. The van der Waals surface area contributed by atoms with Crippen LogP contribution in [-0.4, -0.2) is 92.1 Å². The number of nitrogens with one attached hydrogen (secondary N) is 2. The van der Waals surface area contributed by atoms with Crippen molar-refractivity contribution in [2.75, 3.05) is 53.4 Å². The van der Waals surface area contributed by atoms with Gasteiger partial charge < -0.3 is 20.4 Å². The first-order valence-electron chi connectivity index (χ1n) is 10.1. The number of rotatable bonds is 7. The van der Waals surface area contributed by atoms with Crippen LogP contribution < -0.4 is 10.6 Å². The summed E-state index contributed by atoms with van der Waals surface area (Å²) < 4.78 is 0. The zero-order chi connectivity index (χ0) is 19.1. The van der Waals surface area contributed by atoms with Gasteiger partial charge >= 0.3 is 6.03 Å². The summed E-state index contributed by atoms with van der Waals surface area (Å²) in [5.74, 6) is 0.615. The number of piperazine rings is 1. The van der Waals surface area contributed by atoms with Crippen LogP contribution in [0.4, 0.5) is 4.79 Å². The van der Waals surface area contributed by atoms with E-state index in [2.05, 4.69) is 20.4 Å². The topological polar surface area (TPSA) is 67.9 Å². The van der Waals surface area contributed by atoms with Crippen molar-refractivity contribution in [1.29, 1.82) is 0 Å². The molecule has 2 rings (SSSR count). The maximum Gasteiger partial charge on any atom is 0.317 e. The van der Waals surface area contributed by atoms with Gasteiger partial charge in [-0.3, -0.25) is 9.69 Å². The number of likely N-dealkylation sites (N-methyl/N-ethyl adjacent to an activating group) is 1. The van der Waals surface area contributed by atoms with Gasteiger partial charge in [-0.15, -0.1) is 0 Å². The summed E-state index contributed by atoms with van der Waals surface area (Å²) in [5.41, 5.74) is 0. The quantitative estimate of drug-likeness (QED) is 0.703. The van der Waals surface area contributed by atoms with Crippen LogP contribution in [0.5, 0.6) is 0 Å². The molecule has 0 radical (unpaired) electrons. The largest absolute Gasteiger partial charge is 0.353 e. The van der Waals surface area contributed by atoms with Crippen molar-refractivity contribution in [1.82, 2.24) is 25.3 Å². The Labute approximate surface area is 158 Å². The third-order valence-corrected chi connectivity index (χ3v) is 5.38. The summed E-state index contributed by atoms with van der Waals surface area (Å²) in [6.45, 7) is 8.41.